The molecule has 31 heavy (non-hydrogen) atoms. The van der Waals surface area contributed by atoms with E-state index in [1.807, 2.05) is 30.3 Å². The Hall–Kier alpha value is -3.03. The lowest BCUT2D eigenvalue weighted by Gasteiger charge is -2.12. The zero-order chi connectivity index (χ0) is 22.2. The van der Waals surface area contributed by atoms with Crippen LogP contribution >= 0.6 is 23.2 Å². The molecule has 9 heteroatoms. The van der Waals surface area contributed by atoms with Crippen LogP contribution in [0.25, 0.3) is 6.08 Å². The molecule has 0 saturated heterocycles. The Morgan fingerprint density at radius 3 is 2.71 bits per heavy atom. The second-order valence-corrected chi connectivity index (χ2v) is 7.39. The first-order valence-corrected chi connectivity index (χ1v) is 10.2. The molecule has 0 aliphatic carbocycles. The van der Waals surface area contributed by atoms with Gasteiger partial charge in [-0.05, 0) is 30.2 Å². The standard InChI is InChI=1S/C22H20Cl2N2O5/c1-14-26-19(21(27)31-14)11-16-10-17(23)12-18(24)20(16)29-9-5-8-25-22(28)30-13-15-6-3-2-4-7-15/h2-4,6-7,10-12H,5,8-9,13H2,1H3,(H,25,28)/b19-11+. The third-order valence-corrected chi connectivity index (χ3v) is 4.61. The number of rotatable bonds is 8. The first-order chi connectivity index (χ1) is 14.9. The molecule has 0 unspecified atom stereocenters. The first kappa shape index (κ1) is 22.7. The topological polar surface area (TPSA) is 86.2 Å². The molecular weight excluding hydrogens is 443 g/mol. The highest BCUT2D eigenvalue weighted by Crippen LogP contribution is 2.34. The fraction of sp³-hybridized carbons (Fsp3) is 0.227. The number of nitrogens with zero attached hydrogens (tertiary/aromatic N) is 1. The van der Waals surface area contributed by atoms with Crippen molar-refractivity contribution in [2.75, 3.05) is 13.2 Å². The molecule has 0 aromatic heterocycles. The number of carbonyl (C=O) groups excluding carboxylic acids is 2. The average molecular weight is 463 g/mol. The van der Waals surface area contributed by atoms with Gasteiger partial charge < -0.3 is 19.5 Å². The lowest BCUT2D eigenvalue weighted by atomic mass is 10.1. The molecule has 0 atom stereocenters. The maximum absolute atomic E-state index is 11.8. The van der Waals surface area contributed by atoms with Crippen LogP contribution in [0.5, 0.6) is 5.75 Å². The van der Waals surface area contributed by atoms with Crippen molar-refractivity contribution in [1.29, 1.82) is 0 Å². The Kier molecular flexibility index (Phi) is 7.92. The third kappa shape index (κ3) is 6.73. The number of esters is 1. The van der Waals surface area contributed by atoms with Crippen LogP contribution in [-0.2, 0) is 20.9 Å². The molecular formula is C22H20Cl2N2O5. The molecule has 0 saturated carbocycles. The number of nitrogens with one attached hydrogen (secondary N) is 1. The van der Waals surface area contributed by atoms with Gasteiger partial charge in [-0.25, -0.2) is 14.6 Å². The van der Waals surface area contributed by atoms with Crippen molar-refractivity contribution in [3.8, 4) is 5.75 Å². The zero-order valence-corrected chi connectivity index (χ0v) is 18.2. The van der Waals surface area contributed by atoms with Crippen LogP contribution in [0.1, 0.15) is 24.5 Å². The highest BCUT2D eigenvalue weighted by molar-refractivity contribution is 6.36. The first-order valence-electron chi connectivity index (χ1n) is 9.48. The summed E-state index contributed by atoms with van der Waals surface area (Å²) < 4.78 is 15.8. The Bertz CT molecular complexity index is 1020. The van der Waals surface area contributed by atoms with Crippen molar-refractivity contribution in [2.45, 2.75) is 20.0 Å². The van der Waals surface area contributed by atoms with E-state index in [9.17, 15) is 9.59 Å². The van der Waals surface area contributed by atoms with Crippen LogP contribution in [0.3, 0.4) is 0 Å². The summed E-state index contributed by atoms with van der Waals surface area (Å²) in [6, 6.07) is 12.6. The second kappa shape index (κ2) is 10.8. The third-order valence-electron chi connectivity index (χ3n) is 4.11. The van der Waals surface area contributed by atoms with Crippen LogP contribution in [0.15, 0.2) is 53.2 Å². The largest absolute Gasteiger partial charge is 0.491 e. The van der Waals surface area contributed by atoms with E-state index in [2.05, 4.69) is 10.3 Å². The van der Waals surface area contributed by atoms with Gasteiger partial charge in [0.05, 0.1) is 11.6 Å². The van der Waals surface area contributed by atoms with E-state index >= 15 is 0 Å². The lowest BCUT2D eigenvalue weighted by Crippen LogP contribution is -2.26. The van der Waals surface area contributed by atoms with Gasteiger partial charge in [0.1, 0.15) is 12.4 Å². The molecule has 2 aromatic rings. The van der Waals surface area contributed by atoms with Gasteiger partial charge in [0.15, 0.2) is 11.6 Å². The van der Waals surface area contributed by atoms with Gasteiger partial charge in [-0.3, -0.25) is 0 Å². The van der Waals surface area contributed by atoms with E-state index < -0.39 is 12.1 Å². The normalized spacial score (nSPS) is 14.2. The predicted octanol–water partition coefficient (Wildman–Crippen LogP) is 5.00. The van der Waals surface area contributed by atoms with E-state index in [4.69, 9.17) is 37.4 Å². The monoisotopic (exact) mass is 462 g/mol. The van der Waals surface area contributed by atoms with Gasteiger partial charge in [0.2, 0.25) is 0 Å². The number of cyclic esters (lactones) is 1. The van der Waals surface area contributed by atoms with Crippen molar-refractivity contribution >= 4 is 47.2 Å². The van der Waals surface area contributed by atoms with Gasteiger partial charge in [0.25, 0.3) is 0 Å². The predicted molar refractivity (Wildman–Crippen MR) is 118 cm³/mol. The molecule has 1 aliphatic heterocycles. The highest BCUT2D eigenvalue weighted by atomic mass is 35.5. The number of carbonyl (C=O) groups is 2. The van der Waals surface area contributed by atoms with Gasteiger partial charge in [-0.2, -0.15) is 0 Å². The van der Waals surface area contributed by atoms with Crippen LogP contribution in [0, 0.1) is 0 Å². The molecule has 1 heterocycles. The summed E-state index contributed by atoms with van der Waals surface area (Å²) >= 11 is 12.4. The van der Waals surface area contributed by atoms with Gasteiger partial charge >= 0.3 is 12.1 Å². The van der Waals surface area contributed by atoms with Crippen LogP contribution in [-0.4, -0.2) is 31.1 Å². The number of benzene rings is 2. The Morgan fingerprint density at radius 1 is 1.23 bits per heavy atom. The summed E-state index contributed by atoms with van der Waals surface area (Å²) in [6.45, 7) is 2.40. The molecule has 0 bridgehead atoms. The SMILES string of the molecule is CC1=N/C(=C/c2cc(Cl)cc(Cl)c2OCCCNC(=O)OCc2ccccc2)C(=O)O1. The summed E-state index contributed by atoms with van der Waals surface area (Å²) in [7, 11) is 0. The van der Waals surface area contributed by atoms with Crippen molar-refractivity contribution < 1.29 is 23.8 Å². The average Bonchev–Trinajstić information content (AvgIpc) is 3.05. The van der Waals surface area contributed by atoms with Crippen LogP contribution in [0.4, 0.5) is 4.79 Å². The number of amides is 1. The summed E-state index contributed by atoms with van der Waals surface area (Å²) in [5.41, 5.74) is 1.53. The minimum atomic E-state index is -0.558. The molecule has 1 amide bonds. The molecule has 1 N–H and O–H groups in total. The van der Waals surface area contributed by atoms with E-state index in [1.54, 1.807) is 19.1 Å². The van der Waals surface area contributed by atoms with Crippen molar-refractivity contribution in [3.63, 3.8) is 0 Å². The van der Waals surface area contributed by atoms with Crippen LogP contribution < -0.4 is 10.1 Å². The maximum Gasteiger partial charge on any atom is 0.407 e. The molecule has 162 valence electrons. The summed E-state index contributed by atoms with van der Waals surface area (Å²) in [5.74, 6) is 0.0626. The fourth-order valence-electron chi connectivity index (χ4n) is 2.71. The minimum absolute atomic E-state index is 0.128. The fourth-order valence-corrected chi connectivity index (χ4v) is 3.28. The molecule has 2 aromatic carbocycles. The second-order valence-electron chi connectivity index (χ2n) is 6.55. The summed E-state index contributed by atoms with van der Waals surface area (Å²) in [6.07, 6.45) is 1.51. The lowest BCUT2D eigenvalue weighted by molar-refractivity contribution is -0.130. The van der Waals surface area contributed by atoms with E-state index in [0.717, 1.165) is 5.56 Å². The summed E-state index contributed by atoms with van der Waals surface area (Å²) in [4.78, 5) is 27.6. The Balaban J connectivity index is 1.51. The van der Waals surface area contributed by atoms with Crippen molar-refractivity contribution in [3.05, 3.63) is 69.3 Å². The number of halogens is 2. The molecule has 0 fully saturated rings. The van der Waals surface area contributed by atoms with E-state index in [0.29, 0.717) is 34.3 Å². The number of aliphatic imine (C=N–C) groups is 1. The van der Waals surface area contributed by atoms with Gasteiger partial charge in [-0.1, -0.05) is 53.5 Å². The number of ether oxygens (including phenoxy) is 3. The minimum Gasteiger partial charge on any atom is -0.491 e. The number of alkyl carbamates (subject to hydrolysis) is 1. The highest BCUT2D eigenvalue weighted by Gasteiger charge is 2.21. The smallest absolute Gasteiger partial charge is 0.407 e. The van der Waals surface area contributed by atoms with E-state index in [1.165, 1.54) is 6.08 Å². The zero-order valence-electron chi connectivity index (χ0n) is 16.7. The molecule has 0 radical (unpaired) electrons. The Morgan fingerprint density at radius 2 is 2.00 bits per heavy atom. The quantitative estimate of drug-likeness (QED) is 0.338. The van der Waals surface area contributed by atoms with E-state index in [-0.39, 0.29) is 24.8 Å². The van der Waals surface area contributed by atoms with Gasteiger partial charge in [-0.15, -0.1) is 0 Å². The van der Waals surface area contributed by atoms with Crippen molar-refractivity contribution in [1.82, 2.24) is 5.32 Å². The molecule has 7 nitrogen and oxygen atoms in total. The molecule has 0 spiro atoms. The maximum atomic E-state index is 11.8. The van der Waals surface area contributed by atoms with Gasteiger partial charge in [0, 0.05) is 24.1 Å². The molecule has 1 aliphatic rings. The number of hydrogen-bond acceptors (Lipinski definition) is 6. The summed E-state index contributed by atoms with van der Waals surface area (Å²) in [5, 5.41) is 3.34. The molecule has 3 rings (SSSR count). The van der Waals surface area contributed by atoms with Crippen molar-refractivity contribution in [2.24, 2.45) is 4.99 Å². The Labute approximate surface area is 189 Å². The van der Waals surface area contributed by atoms with Crippen LogP contribution in [0.2, 0.25) is 10.0 Å². The number of hydrogen-bond donors (Lipinski definition) is 1.